The molecule has 268 valence electrons. The second kappa shape index (κ2) is 29.0. The van der Waals surface area contributed by atoms with Crippen molar-refractivity contribution < 1.29 is 89.3 Å². The molecule has 19 heteroatoms. The van der Waals surface area contributed by atoms with Gasteiger partial charge < -0.3 is 60.5 Å². The molecule has 0 aliphatic heterocycles. The van der Waals surface area contributed by atoms with Crippen molar-refractivity contribution in [2.24, 2.45) is 10.8 Å². The first-order valence-electron chi connectivity index (χ1n) is 12.7. The summed E-state index contributed by atoms with van der Waals surface area (Å²) in [6, 6.07) is 0. The summed E-state index contributed by atoms with van der Waals surface area (Å²) in [4.78, 5) is 61.3. The summed E-state index contributed by atoms with van der Waals surface area (Å²) in [5, 5.41) is 85.5. The summed E-state index contributed by atoms with van der Waals surface area (Å²) in [6.07, 6.45) is -1.01. The molecule has 10 N–H and O–H groups in total. The first-order valence-corrected chi connectivity index (χ1v) is 12.7. The predicted octanol–water partition coefficient (Wildman–Crippen LogP) is -2.57. The van der Waals surface area contributed by atoms with Crippen LogP contribution in [0.1, 0.15) is 26.7 Å². The first kappa shape index (κ1) is 53.3. The van der Waals surface area contributed by atoms with E-state index in [1.807, 2.05) is 0 Å². The molecule has 0 aliphatic carbocycles. The Hall–Kier alpha value is -3.20. The molecule has 0 saturated heterocycles. The van der Waals surface area contributed by atoms with Crippen molar-refractivity contribution in [1.82, 2.24) is 0 Å². The van der Waals surface area contributed by atoms with Crippen molar-refractivity contribution >= 4 is 73.6 Å². The monoisotopic (exact) mass is 710 g/mol. The van der Waals surface area contributed by atoms with Crippen LogP contribution in [0.5, 0.6) is 0 Å². The number of carboxylic acid groups (broad SMARTS) is 4. The van der Waals surface area contributed by atoms with Crippen LogP contribution in [0, 0.1) is 10.8 Å². The zero-order valence-corrected chi connectivity index (χ0v) is 25.6. The summed E-state index contributed by atoms with van der Waals surface area (Å²) >= 11 is 0. The van der Waals surface area contributed by atoms with Crippen LogP contribution >= 0.6 is 0 Å². The van der Waals surface area contributed by atoms with Gasteiger partial charge in [-0.3, -0.25) is 9.59 Å². The van der Waals surface area contributed by atoms with Crippen molar-refractivity contribution in [3.8, 4) is 0 Å². The fourth-order valence-corrected chi connectivity index (χ4v) is 1.77. The molecule has 0 spiro atoms. The van der Waals surface area contributed by atoms with Crippen molar-refractivity contribution in [2.75, 3.05) is 52.9 Å². The summed E-state index contributed by atoms with van der Waals surface area (Å²) in [7, 11) is 0. The second-order valence-electron chi connectivity index (χ2n) is 9.62. The van der Waals surface area contributed by atoms with E-state index in [0.717, 1.165) is 0 Å². The molecule has 0 rings (SSSR count). The SMILES string of the molecule is C=C(C)C(=O)OCC(CO)(CO)CO.C=C(C)C(=O)OCC(CO)(CO)CO.C=C(CC(=O)O)C(=O)O.C=C(CC(=O)O)C(=O)O.[CaH2]. The van der Waals surface area contributed by atoms with Crippen molar-refractivity contribution in [1.29, 1.82) is 0 Å². The fourth-order valence-electron chi connectivity index (χ4n) is 1.77. The van der Waals surface area contributed by atoms with Gasteiger partial charge in [-0.25, -0.2) is 19.2 Å². The number of hydrogen-bond donors (Lipinski definition) is 10. The quantitative estimate of drug-likeness (QED) is 0.0397. The molecule has 0 amide bonds. The number of rotatable bonds is 18. The molecule has 0 aliphatic rings. The van der Waals surface area contributed by atoms with Gasteiger partial charge in [-0.2, -0.15) is 0 Å². The van der Waals surface area contributed by atoms with Gasteiger partial charge in [0.25, 0.3) is 0 Å². The molecule has 0 aromatic heterocycles. The molecule has 0 bridgehead atoms. The zero-order chi connectivity index (χ0) is 37.3. The normalized spacial score (nSPS) is 9.87. The molecule has 0 fully saturated rings. The van der Waals surface area contributed by atoms with E-state index in [1.165, 1.54) is 13.8 Å². The van der Waals surface area contributed by atoms with E-state index in [2.05, 4.69) is 26.3 Å². The number of ether oxygens (including phenoxy) is 2. The van der Waals surface area contributed by atoms with E-state index in [9.17, 15) is 28.8 Å². The van der Waals surface area contributed by atoms with E-state index >= 15 is 0 Å². The molecule has 47 heavy (non-hydrogen) atoms. The first-order chi connectivity index (χ1) is 21.1. The van der Waals surface area contributed by atoms with Gasteiger partial charge in [0.15, 0.2) is 0 Å². The van der Waals surface area contributed by atoms with E-state index in [1.54, 1.807) is 0 Å². The van der Waals surface area contributed by atoms with Gasteiger partial charge in [0.2, 0.25) is 0 Å². The maximum atomic E-state index is 11.0. The van der Waals surface area contributed by atoms with Gasteiger partial charge in [-0.15, -0.1) is 0 Å². The Kier molecular flexibility index (Phi) is 32.9. The van der Waals surface area contributed by atoms with Crippen molar-refractivity contribution in [3.63, 3.8) is 0 Å². The summed E-state index contributed by atoms with van der Waals surface area (Å²) in [6.45, 7) is 12.5. The maximum absolute atomic E-state index is 11.0. The third-order valence-corrected chi connectivity index (χ3v) is 5.06. The van der Waals surface area contributed by atoms with Gasteiger partial charge in [0.1, 0.15) is 13.2 Å². The number of aliphatic hydroxyl groups excluding tert-OH is 6. The Morgan fingerprint density at radius 3 is 0.830 bits per heavy atom. The number of hydrogen-bond acceptors (Lipinski definition) is 14. The van der Waals surface area contributed by atoms with E-state index in [4.69, 9.17) is 60.5 Å². The van der Waals surface area contributed by atoms with Gasteiger partial charge in [0, 0.05) is 22.3 Å². The summed E-state index contributed by atoms with van der Waals surface area (Å²) in [5.41, 5.74) is -2.50. The number of carbonyl (C=O) groups is 6. The van der Waals surface area contributed by atoms with Crippen LogP contribution in [0.25, 0.3) is 0 Å². The van der Waals surface area contributed by atoms with Crippen LogP contribution in [0.3, 0.4) is 0 Å². The number of aliphatic hydroxyl groups is 6. The predicted molar refractivity (Wildman–Crippen MR) is 166 cm³/mol. The van der Waals surface area contributed by atoms with Crippen LogP contribution in [0.2, 0.25) is 0 Å². The Labute approximate surface area is 300 Å². The molecule has 0 radical (unpaired) electrons. The Morgan fingerprint density at radius 1 is 0.511 bits per heavy atom. The van der Waals surface area contributed by atoms with Gasteiger partial charge >= 0.3 is 73.6 Å². The molecule has 0 aromatic rings. The molecule has 18 nitrogen and oxygen atoms in total. The van der Waals surface area contributed by atoms with Crippen molar-refractivity contribution in [2.45, 2.75) is 26.7 Å². The number of carbonyl (C=O) groups excluding carboxylic acids is 2. The average Bonchev–Trinajstić information content (AvgIpc) is 2.99. The Morgan fingerprint density at radius 2 is 0.723 bits per heavy atom. The number of aliphatic carboxylic acids is 4. The zero-order valence-electron chi connectivity index (χ0n) is 25.6. The topological polar surface area (TPSA) is 323 Å². The molecule has 0 heterocycles. The van der Waals surface area contributed by atoms with Gasteiger partial charge in [0.05, 0.1) is 63.3 Å². The Bertz CT molecular complexity index is 973. The minimum absolute atomic E-state index is 0. The van der Waals surface area contributed by atoms with Crippen molar-refractivity contribution in [3.05, 3.63) is 48.6 Å². The third kappa shape index (κ3) is 27.6. The standard InChI is InChI=1S/2C9H16O5.2C5H6O4.Ca.2H/c2*1-7(2)8(13)14-6-9(3-10,4-11)5-12;2*1-3(5(8)9)2-4(6)7;;;/h2*10-12H,1,3-6H2,2H3;2*1-2H2,(H,6,7)(H,8,9);;;. The van der Waals surface area contributed by atoms with Gasteiger partial charge in [-0.05, 0) is 13.8 Å². The Balaban J connectivity index is -0.000000169. The van der Waals surface area contributed by atoms with Crippen LogP contribution in [0.4, 0.5) is 0 Å². The molecule has 0 unspecified atom stereocenters. The second-order valence-corrected chi connectivity index (χ2v) is 9.62. The number of esters is 2. The minimum atomic E-state index is -1.27. The van der Waals surface area contributed by atoms with Crippen LogP contribution in [-0.4, -0.2) is 177 Å². The third-order valence-electron chi connectivity index (χ3n) is 5.06. The molecule has 0 saturated carbocycles. The molecule has 0 atom stereocenters. The van der Waals surface area contributed by atoms with E-state index in [-0.39, 0.29) is 73.2 Å². The summed E-state index contributed by atoms with van der Waals surface area (Å²) in [5.74, 6) is -6.10. The van der Waals surface area contributed by atoms with Crippen LogP contribution in [-0.2, 0) is 38.2 Å². The number of carboxylic acids is 4. The van der Waals surface area contributed by atoms with Crippen LogP contribution in [0.15, 0.2) is 48.6 Å². The fraction of sp³-hybridized carbons (Fsp3) is 0.500. The van der Waals surface area contributed by atoms with E-state index < -0.39 is 99.1 Å². The van der Waals surface area contributed by atoms with E-state index in [0.29, 0.717) is 0 Å². The molecular formula is C28H46CaO18. The molecule has 0 aromatic carbocycles. The van der Waals surface area contributed by atoms with Gasteiger partial charge in [-0.1, -0.05) is 26.3 Å². The average molecular weight is 711 g/mol. The summed E-state index contributed by atoms with van der Waals surface area (Å²) < 4.78 is 9.45. The van der Waals surface area contributed by atoms with Crippen LogP contribution < -0.4 is 0 Å². The molecular weight excluding hydrogens is 664 g/mol.